The summed E-state index contributed by atoms with van der Waals surface area (Å²) in [6.07, 6.45) is 4.07. The first-order valence-corrected chi connectivity index (χ1v) is 25.8. The number of fused-ring (bicyclic) bond motifs is 9. The van der Waals surface area contributed by atoms with Gasteiger partial charge in [0.25, 0.3) is 0 Å². The quantitative estimate of drug-likeness (QED) is 0.130. The van der Waals surface area contributed by atoms with Crippen LogP contribution in [0.2, 0.25) is 0 Å². The van der Waals surface area contributed by atoms with Crippen LogP contribution in [0, 0.1) is 17.9 Å². The fraction of sp³-hybridized carbons (Fsp3) is 0.265. The average Bonchev–Trinajstić information content (AvgIpc) is 4.03. The summed E-state index contributed by atoms with van der Waals surface area (Å²) in [5.41, 5.74) is 17.8. The van der Waals surface area contributed by atoms with Crippen LogP contribution in [0.5, 0.6) is 0 Å². The van der Waals surface area contributed by atoms with Crippen molar-refractivity contribution in [2.45, 2.75) is 116 Å². The molecule has 74 heavy (non-hydrogen) atoms. The number of imidazole rings is 1. The third kappa shape index (κ3) is 8.12. The Morgan fingerprint density at radius 3 is 1.99 bits per heavy atom. The van der Waals surface area contributed by atoms with Crippen LogP contribution in [-0.2, 0) is 47.2 Å². The minimum atomic E-state index is -0.277. The number of hydrogen-bond acceptors (Lipinski definition) is 3. The number of halogens is 1. The van der Waals surface area contributed by atoms with Crippen LogP contribution >= 0.6 is 0 Å². The van der Waals surface area contributed by atoms with Crippen molar-refractivity contribution in [1.82, 2.24) is 14.5 Å². The molecule has 0 N–H and O–H groups in total. The van der Waals surface area contributed by atoms with E-state index in [1.54, 1.807) is 23.4 Å². The number of benzene rings is 8. The van der Waals surface area contributed by atoms with Crippen molar-refractivity contribution in [2.75, 3.05) is 0 Å². The minimum absolute atomic E-state index is 0. The van der Waals surface area contributed by atoms with E-state index in [9.17, 15) is 4.39 Å². The van der Waals surface area contributed by atoms with Gasteiger partial charge in [-0.3, -0.25) is 9.37 Å². The first-order valence-electron chi connectivity index (χ1n) is 25.8. The van der Waals surface area contributed by atoms with Crippen LogP contribution in [0.25, 0.3) is 94.0 Å². The minimum Gasteiger partial charge on any atom is -0.501 e. The molecule has 2 aliphatic carbocycles. The number of aromatic nitrogens is 3. The Morgan fingerprint density at radius 1 is 0.622 bits per heavy atom. The molecule has 8 aromatic carbocycles. The second kappa shape index (κ2) is 17.4. The molecule has 0 fully saturated rings. The van der Waals surface area contributed by atoms with Crippen molar-refractivity contribution < 1.29 is 28.9 Å². The second-order valence-electron chi connectivity index (χ2n) is 24.4. The molecule has 0 atom stereocenters. The summed E-state index contributed by atoms with van der Waals surface area (Å²) in [6.45, 7) is 26.1. The van der Waals surface area contributed by atoms with E-state index < -0.39 is 0 Å². The van der Waals surface area contributed by atoms with Crippen molar-refractivity contribution >= 4 is 54.5 Å². The maximum Gasteiger partial charge on any atom is 0.121 e. The molecular formula is C68H62FIrN3O-2. The largest absolute Gasteiger partial charge is 0.501 e. The molecule has 3 aromatic heterocycles. The van der Waals surface area contributed by atoms with Crippen molar-refractivity contribution in [3.05, 3.63) is 198 Å². The van der Waals surface area contributed by atoms with Gasteiger partial charge in [-0.1, -0.05) is 160 Å². The zero-order chi connectivity index (χ0) is 51.0. The van der Waals surface area contributed by atoms with Gasteiger partial charge in [0.1, 0.15) is 5.58 Å². The molecule has 11 aromatic rings. The summed E-state index contributed by atoms with van der Waals surface area (Å²) in [6, 6.07) is 57.0. The third-order valence-electron chi connectivity index (χ3n) is 16.1. The normalized spacial score (nSPS) is 16.1. The fourth-order valence-electron chi connectivity index (χ4n) is 13.3. The van der Waals surface area contributed by atoms with Gasteiger partial charge in [0.2, 0.25) is 0 Å². The topological polar surface area (TPSA) is 43.9 Å². The molecule has 1 radical (unpaired) electrons. The monoisotopic (exact) mass is 1150 g/mol. The second-order valence-corrected chi connectivity index (χ2v) is 24.4. The van der Waals surface area contributed by atoms with Crippen LogP contribution < -0.4 is 0 Å². The van der Waals surface area contributed by atoms with Crippen LogP contribution in [0.15, 0.2) is 156 Å². The Bertz CT molecular complexity index is 3960. The van der Waals surface area contributed by atoms with E-state index in [1.165, 1.54) is 61.5 Å². The number of rotatable bonds is 4. The average molecular weight is 1150 g/mol. The Morgan fingerprint density at radius 2 is 1.30 bits per heavy atom. The fourth-order valence-corrected chi connectivity index (χ4v) is 13.3. The van der Waals surface area contributed by atoms with Crippen molar-refractivity contribution in [3.8, 4) is 39.5 Å². The van der Waals surface area contributed by atoms with Gasteiger partial charge in [-0.15, -0.1) is 48.0 Å². The molecule has 0 amide bonds. The van der Waals surface area contributed by atoms with Gasteiger partial charge in [-0.2, -0.15) is 0 Å². The van der Waals surface area contributed by atoms with E-state index in [0.717, 1.165) is 74.1 Å². The summed E-state index contributed by atoms with van der Waals surface area (Å²) in [5, 5.41) is 7.03. The van der Waals surface area contributed by atoms with Crippen molar-refractivity contribution in [2.24, 2.45) is 0 Å². The van der Waals surface area contributed by atoms with Crippen LogP contribution in [-0.4, -0.2) is 14.5 Å². The van der Waals surface area contributed by atoms with E-state index in [1.807, 2.05) is 18.2 Å². The van der Waals surface area contributed by atoms with Crippen molar-refractivity contribution in [3.63, 3.8) is 0 Å². The molecule has 0 bridgehead atoms. The van der Waals surface area contributed by atoms with Gasteiger partial charge in [-0.05, 0) is 149 Å². The zero-order valence-electron chi connectivity index (χ0n) is 44.3. The summed E-state index contributed by atoms with van der Waals surface area (Å²) in [7, 11) is 0. The van der Waals surface area contributed by atoms with E-state index in [0.29, 0.717) is 0 Å². The smallest absolute Gasteiger partial charge is 0.121 e. The molecule has 0 saturated heterocycles. The van der Waals surface area contributed by atoms with Crippen LogP contribution in [0.1, 0.15) is 117 Å². The summed E-state index contributed by atoms with van der Waals surface area (Å²) in [4.78, 5) is 9.59. The van der Waals surface area contributed by atoms with Gasteiger partial charge in [0.05, 0.1) is 22.4 Å². The molecule has 0 saturated carbocycles. The number of pyridine rings is 1. The van der Waals surface area contributed by atoms with E-state index >= 15 is 0 Å². The number of hydrogen-bond donors (Lipinski definition) is 0. The van der Waals surface area contributed by atoms with Crippen LogP contribution in [0.3, 0.4) is 0 Å². The van der Waals surface area contributed by atoms with Gasteiger partial charge in [0, 0.05) is 43.2 Å². The molecular weight excluding hydrogens is 1090 g/mol. The van der Waals surface area contributed by atoms with Gasteiger partial charge in [-0.25, -0.2) is 0 Å². The first kappa shape index (κ1) is 49.5. The van der Waals surface area contributed by atoms with E-state index in [2.05, 4.69) is 207 Å². The maximum absolute atomic E-state index is 12.8. The molecule has 373 valence electrons. The Labute approximate surface area is 448 Å². The molecule has 0 aliphatic heterocycles. The predicted octanol–water partition coefficient (Wildman–Crippen LogP) is 18.3. The molecule has 2 aliphatic rings. The standard InChI is InChI=1S/C53H47N2O.C15H15FN.Ir/c1-50(2)29-52(5,6)46-40(50)28-41-47(53(7,8)30-51(41,3)4)45(46)32-22-24-34(25-23-32)55-43-19-12-11-18-42(43)54-49(55)37-17-13-16-36-39-26-33-21-20-31-14-9-10-15-35(31)38(33)27-44(39)56-48(36)37;1-15(2,3)12-8-9-17-14(10-12)11-4-6-13(16)7-5-11;/h9-16,18-28H,29-30H2,1-8H3;4,6-10H,1-3H3;/q2*-1;. The van der Waals surface area contributed by atoms with E-state index in [4.69, 9.17) is 9.40 Å². The number of nitrogens with zero attached hydrogens (tertiary/aromatic N) is 3. The Hall–Kier alpha value is -6.72. The summed E-state index contributed by atoms with van der Waals surface area (Å²) >= 11 is 0. The summed E-state index contributed by atoms with van der Waals surface area (Å²) in [5.74, 6) is 0.548. The zero-order valence-corrected chi connectivity index (χ0v) is 46.7. The molecule has 6 heteroatoms. The Balaban J connectivity index is 0.000000279. The summed E-state index contributed by atoms with van der Waals surface area (Å²) < 4.78 is 21.9. The Kier molecular flexibility index (Phi) is 11.7. The first-order chi connectivity index (χ1) is 34.7. The third-order valence-corrected chi connectivity index (χ3v) is 16.1. The number of para-hydroxylation sites is 2. The molecule has 0 spiro atoms. The predicted molar refractivity (Wildman–Crippen MR) is 302 cm³/mol. The van der Waals surface area contributed by atoms with Crippen LogP contribution in [0.4, 0.5) is 4.39 Å². The molecule has 3 heterocycles. The van der Waals surface area contributed by atoms with Gasteiger partial charge in [0.15, 0.2) is 0 Å². The van der Waals surface area contributed by atoms with Crippen molar-refractivity contribution in [1.29, 1.82) is 0 Å². The number of furan rings is 1. The molecule has 13 rings (SSSR count). The molecule has 0 unspecified atom stereocenters. The SMILES string of the molecule is CC(C)(C)c1ccnc(-c2[c-]cc(F)cc2)c1.CC1(C)CC(C)(C)c2c1cc1c(c2-c2ccc(-n3c(-c4[c-]ccc5c4oc4cc6c(ccc7ccccc76)cc45)nc4ccccc43)cc2)C(C)(C)CC1(C)C.[Ir]. The van der Waals surface area contributed by atoms with Gasteiger partial charge < -0.3 is 14.0 Å². The molecule has 4 nitrogen and oxygen atoms in total. The van der Waals surface area contributed by atoms with E-state index in [-0.39, 0.29) is 53.0 Å². The van der Waals surface area contributed by atoms with Gasteiger partial charge >= 0.3 is 0 Å². The maximum atomic E-state index is 12.8.